The van der Waals surface area contributed by atoms with Gasteiger partial charge in [0, 0.05) is 15.5 Å². The van der Waals surface area contributed by atoms with Crippen molar-refractivity contribution in [2.24, 2.45) is 0 Å². The third kappa shape index (κ3) is 3.56. The van der Waals surface area contributed by atoms with E-state index in [1.165, 1.54) is 0 Å². The molecule has 0 unspecified atom stereocenters. The second-order valence-corrected chi connectivity index (χ2v) is 5.43. The smallest absolute Gasteiger partial charge is 0.142 e. The van der Waals surface area contributed by atoms with Crippen LogP contribution in [0.2, 0.25) is 0 Å². The molecule has 0 aliphatic heterocycles. The van der Waals surface area contributed by atoms with Crippen LogP contribution < -0.4 is 4.74 Å². The average molecular weight is 371 g/mol. The predicted molar refractivity (Wildman–Crippen MR) is 80.1 cm³/mol. The first-order valence-electron chi connectivity index (χ1n) is 5.59. The Labute approximate surface area is 124 Å². The van der Waals surface area contributed by atoms with Gasteiger partial charge in [-0.05, 0) is 36.8 Å². The van der Waals surface area contributed by atoms with Crippen LogP contribution in [0, 0.1) is 6.92 Å². The van der Waals surface area contributed by atoms with Gasteiger partial charge in [-0.2, -0.15) is 0 Å². The number of alkyl halides is 1. The first-order valence-corrected chi connectivity index (χ1v) is 7.50. The summed E-state index contributed by atoms with van der Waals surface area (Å²) in [6, 6.07) is 12.0. The Morgan fingerprint density at radius 3 is 2.78 bits per heavy atom. The summed E-state index contributed by atoms with van der Waals surface area (Å²) in [6.45, 7) is 2.52. The number of hydrogen-bond donors (Lipinski definition) is 0. The minimum atomic E-state index is 0.546. The second kappa shape index (κ2) is 6.34. The van der Waals surface area contributed by atoms with Gasteiger partial charge >= 0.3 is 0 Å². The maximum atomic E-state index is 5.81. The molecule has 0 radical (unpaired) electrons. The lowest BCUT2D eigenvalue weighted by molar-refractivity contribution is 0.302. The Kier molecular flexibility index (Phi) is 4.78. The highest BCUT2D eigenvalue weighted by atomic mass is 79.9. The maximum Gasteiger partial charge on any atom is 0.142 e. The van der Waals surface area contributed by atoms with Gasteiger partial charge in [0.2, 0.25) is 0 Å². The highest BCUT2D eigenvalue weighted by Gasteiger charge is 2.05. The quantitative estimate of drug-likeness (QED) is 0.732. The Balaban J connectivity index is 2.10. The average Bonchev–Trinajstić information content (AvgIpc) is 2.37. The van der Waals surface area contributed by atoms with E-state index in [9.17, 15) is 0 Å². The van der Waals surface area contributed by atoms with Crippen molar-refractivity contribution in [2.75, 3.05) is 0 Å². The van der Waals surface area contributed by atoms with Crippen molar-refractivity contribution in [1.29, 1.82) is 0 Å². The van der Waals surface area contributed by atoms with Gasteiger partial charge in [0.15, 0.2) is 0 Å². The van der Waals surface area contributed by atoms with E-state index in [1.54, 1.807) is 0 Å². The van der Waals surface area contributed by atoms with Crippen LogP contribution in [0.25, 0.3) is 0 Å². The molecule has 2 rings (SSSR count). The summed E-state index contributed by atoms with van der Waals surface area (Å²) < 4.78 is 6.87. The van der Waals surface area contributed by atoms with Crippen molar-refractivity contribution in [3.05, 3.63) is 57.8 Å². The van der Waals surface area contributed by atoms with Gasteiger partial charge in [0.1, 0.15) is 12.4 Å². The van der Waals surface area contributed by atoms with Crippen molar-refractivity contribution in [3.63, 3.8) is 0 Å². The fourth-order valence-electron chi connectivity index (χ4n) is 1.61. The van der Waals surface area contributed by atoms with E-state index in [0.717, 1.165) is 27.2 Å². The van der Waals surface area contributed by atoms with E-state index in [-0.39, 0.29) is 0 Å². The maximum absolute atomic E-state index is 5.81. The van der Waals surface area contributed by atoms with Crippen molar-refractivity contribution < 1.29 is 4.74 Å². The molecule has 0 fully saturated rings. The van der Waals surface area contributed by atoms with E-state index in [2.05, 4.69) is 42.9 Å². The van der Waals surface area contributed by atoms with Gasteiger partial charge in [-0.25, -0.2) is 0 Å². The molecule has 0 aliphatic rings. The van der Waals surface area contributed by atoms with Gasteiger partial charge < -0.3 is 4.74 Å². The number of nitrogens with zero attached hydrogens (tertiary/aromatic N) is 1. The number of rotatable bonds is 4. The standard InChI is InChI=1S/C14H13Br2NO/c1-10-5-6-14(13(8-15)17-10)18-9-11-3-2-4-12(16)7-11/h2-7H,8-9H2,1H3. The number of hydrogen-bond acceptors (Lipinski definition) is 2. The third-order valence-electron chi connectivity index (χ3n) is 2.48. The molecule has 0 saturated heterocycles. The Morgan fingerprint density at radius 2 is 2.06 bits per heavy atom. The number of ether oxygens (including phenoxy) is 1. The lowest BCUT2D eigenvalue weighted by Crippen LogP contribution is -2.00. The van der Waals surface area contributed by atoms with Crippen molar-refractivity contribution in [1.82, 2.24) is 4.98 Å². The summed E-state index contributed by atoms with van der Waals surface area (Å²) in [5.41, 5.74) is 3.06. The van der Waals surface area contributed by atoms with E-state index in [0.29, 0.717) is 11.9 Å². The lowest BCUT2D eigenvalue weighted by atomic mass is 10.2. The minimum absolute atomic E-state index is 0.546. The van der Waals surface area contributed by atoms with Crippen LogP contribution in [0.15, 0.2) is 40.9 Å². The summed E-state index contributed by atoms with van der Waals surface area (Å²) in [5.74, 6) is 0.831. The van der Waals surface area contributed by atoms with Gasteiger partial charge in [-0.3, -0.25) is 4.98 Å². The molecule has 0 aliphatic carbocycles. The third-order valence-corrected chi connectivity index (χ3v) is 3.51. The highest BCUT2D eigenvalue weighted by molar-refractivity contribution is 9.10. The van der Waals surface area contributed by atoms with E-state index >= 15 is 0 Å². The molecule has 1 heterocycles. The topological polar surface area (TPSA) is 22.1 Å². The fourth-order valence-corrected chi connectivity index (χ4v) is 2.46. The van der Waals surface area contributed by atoms with Gasteiger partial charge in [0.05, 0.1) is 5.69 Å². The Bertz CT molecular complexity index is 543. The zero-order valence-electron chi connectivity index (χ0n) is 9.99. The lowest BCUT2D eigenvalue weighted by Gasteiger charge is -2.10. The Hall–Kier alpha value is -0.870. The zero-order chi connectivity index (χ0) is 13.0. The van der Waals surface area contributed by atoms with Crippen molar-refractivity contribution >= 4 is 31.9 Å². The van der Waals surface area contributed by atoms with Crippen molar-refractivity contribution in [2.45, 2.75) is 18.9 Å². The van der Waals surface area contributed by atoms with E-state index in [4.69, 9.17) is 4.74 Å². The highest BCUT2D eigenvalue weighted by Crippen LogP contribution is 2.21. The first kappa shape index (κ1) is 13.6. The molecule has 2 aromatic rings. The van der Waals surface area contributed by atoms with Crippen LogP contribution in [0.1, 0.15) is 17.0 Å². The summed E-state index contributed by atoms with van der Waals surface area (Å²) in [7, 11) is 0. The molecule has 4 heteroatoms. The summed E-state index contributed by atoms with van der Waals surface area (Å²) in [6.07, 6.45) is 0. The number of benzene rings is 1. The minimum Gasteiger partial charge on any atom is -0.487 e. The SMILES string of the molecule is Cc1ccc(OCc2cccc(Br)c2)c(CBr)n1. The summed E-state index contributed by atoms with van der Waals surface area (Å²) in [4.78, 5) is 4.44. The molecule has 1 aromatic carbocycles. The predicted octanol–water partition coefficient (Wildman–Crippen LogP) is 4.63. The monoisotopic (exact) mass is 369 g/mol. The number of aryl methyl sites for hydroxylation is 1. The van der Waals surface area contributed by atoms with E-state index in [1.807, 2.05) is 37.3 Å². The molecule has 1 aromatic heterocycles. The first-order chi connectivity index (χ1) is 8.69. The molecule has 0 atom stereocenters. The molecule has 0 bridgehead atoms. The molecule has 0 N–H and O–H groups in total. The van der Waals surface area contributed by atoms with E-state index < -0.39 is 0 Å². The molecule has 2 nitrogen and oxygen atoms in total. The normalized spacial score (nSPS) is 10.4. The number of pyridine rings is 1. The van der Waals surface area contributed by atoms with Crippen molar-refractivity contribution in [3.8, 4) is 5.75 Å². The molecule has 0 saturated carbocycles. The Morgan fingerprint density at radius 1 is 1.22 bits per heavy atom. The van der Waals surface area contributed by atoms with Crippen LogP contribution in [-0.2, 0) is 11.9 Å². The van der Waals surface area contributed by atoms with Gasteiger partial charge in [-0.15, -0.1) is 0 Å². The van der Waals surface area contributed by atoms with Gasteiger partial charge in [-0.1, -0.05) is 44.0 Å². The summed E-state index contributed by atoms with van der Waals surface area (Å²) in [5, 5.41) is 0.697. The van der Waals surface area contributed by atoms with Crippen LogP contribution >= 0.6 is 31.9 Å². The fraction of sp³-hybridized carbons (Fsp3) is 0.214. The van der Waals surface area contributed by atoms with Crippen LogP contribution in [0.4, 0.5) is 0 Å². The van der Waals surface area contributed by atoms with Crippen LogP contribution in [-0.4, -0.2) is 4.98 Å². The molecular formula is C14H13Br2NO. The second-order valence-electron chi connectivity index (χ2n) is 3.95. The molecular weight excluding hydrogens is 358 g/mol. The number of halogens is 2. The number of aromatic nitrogens is 1. The molecule has 18 heavy (non-hydrogen) atoms. The van der Waals surface area contributed by atoms with Gasteiger partial charge in [0.25, 0.3) is 0 Å². The van der Waals surface area contributed by atoms with Crippen LogP contribution in [0.3, 0.4) is 0 Å². The summed E-state index contributed by atoms with van der Waals surface area (Å²) >= 11 is 6.88. The zero-order valence-corrected chi connectivity index (χ0v) is 13.2. The largest absolute Gasteiger partial charge is 0.487 e. The molecule has 0 amide bonds. The molecule has 0 spiro atoms. The van der Waals surface area contributed by atoms with Crippen LogP contribution in [0.5, 0.6) is 5.75 Å². The molecule has 94 valence electrons.